The molecule has 66 heavy (non-hydrogen) atoms. The number of quaternary nitrogens is 1. The van der Waals surface area contributed by atoms with Crippen LogP contribution in [-0.4, -0.2) is 165 Å². The summed E-state index contributed by atoms with van der Waals surface area (Å²) in [7, 11) is 3.07. The van der Waals surface area contributed by atoms with E-state index in [2.05, 4.69) is 15.4 Å². The highest BCUT2D eigenvalue weighted by atomic mass is 35.5. The standard InChI is InChI=1S/C43H53ClF2N10O7.CH2O2/c1-28-33(25-49-55(28)19-23-63-3)30-10-11-32(40(46)39(30)45)35-26-48-41(51(35)2)42(61)50-29-8-9-31(34(44)24-29)43(62)54-15-13-52(14-16-54)36(57)6-4-7-37(58)53-17-21-56(22-18-53,20-5-12-47)27-38(59)60;2-1-3/h8-11,24-26H,4-7,12-23,27,47H2,1-3H3,(H-,50,59,60,61,62);1H,(H,2,3). The molecule has 4 aromatic rings. The van der Waals surface area contributed by atoms with E-state index in [0.29, 0.717) is 94.1 Å². The molecule has 2 aliphatic heterocycles. The summed E-state index contributed by atoms with van der Waals surface area (Å²) in [4.78, 5) is 81.7. The number of ether oxygens (including phenoxy) is 1. The number of carboxylic acids is 1. The minimum Gasteiger partial charge on any atom is -0.554 e. The van der Waals surface area contributed by atoms with Crippen LogP contribution >= 0.6 is 11.6 Å². The van der Waals surface area contributed by atoms with Crippen LogP contribution in [0.25, 0.3) is 22.4 Å². The van der Waals surface area contributed by atoms with Crippen LogP contribution in [0.5, 0.6) is 0 Å². The molecule has 0 spiro atoms. The molecular weight excluding hydrogens is 886 g/mol. The van der Waals surface area contributed by atoms with Crippen LogP contribution in [-0.2, 0) is 37.5 Å². The number of aliphatic carboxylic acids is 1. The molecule has 22 heteroatoms. The molecule has 0 atom stereocenters. The minimum atomic E-state index is -1.10. The molecule has 4 amide bonds. The normalized spacial score (nSPS) is 14.6. The number of nitrogens with two attached hydrogens (primary N) is 1. The van der Waals surface area contributed by atoms with Gasteiger partial charge in [-0.2, -0.15) is 5.10 Å². The minimum absolute atomic E-state index is 0.00465. The number of aromatic nitrogens is 4. The van der Waals surface area contributed by atoms with E-state index in [1.807, 2.05) is 0 Å². The van der Waals surface area contributed by atoms with Crippen molar-refractivity contribution in [2.75, 3.05) is 91.0 Å². The maximum absolute atomic E-state index is 15.6. The fourth-order valence-electron chi connectivity index (χ4n) is 8.24. The van der Waals surface area contributed by atoms with Gasteiger partial charge in [-0.15, -0.1) is 0 Å². The molecule has 4 N–H and O–H groups in total. The van der Waals surface area contributed by atoms with Gasteiger partial charge in [-0.1, -0.05) is 17.7 Å². The second kappa shape index (κ2) is 23.2. The molecule has 0 saturated carbocycles. The van der Waals surface area contributed by atoms with Crippen molar-refractivity contribution in [3.05, 3.63) is 76.5 Å². The van der Waals surface area contributed by atoms with Crippen molar-refractivity contribution < 1.29 is 57.0 Å². The summed E-state index contributed by atoms with van der Waals surface area (Å²) < 4.78 is 39.6. The van der Waals surface area contributed by atoms with Crippen LogP contribution in [0, 0.1) is 18.6 Å². The Balaban J connectivity index is 0.00000265. The molecule has 19 nitrogen and oxygen atoms in total. The Bertz CT molecular complexity index is 2390. The highest BCUT2D eigenvalue weighted by Crippen LogP contribution is 2.33. The zero-order valence-corrected chi connectivity index (χ0v) is 37.9. The monoisotopic (exact) mass is 940 g/mol. The van der Waals surface area contributed by atoms with E-state index < -0.39 is 30.0 Å². The summed E-state index contributed by atoms with van der Waals surface area (Å²) in [6.07, 6.45) is 4.25. The third kappa shape index (κ3) is 12.1. The van der Waals surface area contributed by atoms with Crippen LogP contribution in [0.4, 0.5) is 14.5 Å². The lowest BCUT2D eigenvalue weighted by Crippen LogP contribution is -2.62. The smallest absolute Gasteiger partial charge is 0.359 e. The lowest BCUT2D eigenvalue weighted by atomic mass is 10.0. The predicted molar refractivity (Wildman–Crippen MR) is 236 cm³/mol. The lowest BCUT2D eigenvalue weighted by Gasteiger charge is -2.44. The Morgan fingerprint density at radius 3 is 2.14 bits per heavy atom. The van der Waals surface area contributed by atoms with Crippen LogP contribution in [0.2, 0.25) is 5.02 Å². The molecule has 2 aromatic heterocycles. The van der Waals surface area contributed by atoms with Crippen LogP contribution < -0.4 is 16.2 Å². The van der Waals surface area contributed by atoms with Crippen molar-refractivity contribution in [3.63, 3.8) is 0 Å². The van der Waals surface area contributed by atoms with E-state index in [-0.39, 0.29) is 89.1 Å². The first-order valence-corrected chi connectivity index (χ1v) is 21.8. The highest BCUT2D eigenvalue weighted by molar-refractivity contribution is 6.34. The Morgan fingerprint density at radius 2 is 1.53 bits per heavy atom. The molecule has 356 valence electrons. The first kappa shape index (κ1) is 50.7. The van der Waals surface area contributed by atoms with Crippen molar-refractivity contribution in [2.24, 2.45) is 12.8 Å². The van der Waals surface area contributed by atoms with Gasteiger partial charge in [0.05, 0.1) is 74.5 Å². The van der Waals surface area contributed by atoms with Gasteiger partial charge in [-0.05, 0) is 44.2 Å². The fourth-order valence-corrected chi connectivity index (χ4v) is 8.50. The van der Waals surface area contributed by atoms with Gasteiger partial charge in [0.15, 0.2) is 24.0 Å². The second-order valence-electron chi connectivity index (χ2n) is 16.0. The Kier molecular flexibility index (Phi) is 17.9. The molecule has 0 unspecified atom stereocenters. The van der Waals surface area contributed by atoms with Crippen molar-refractivity contribution >= 4 is 53.4 Å². The van der Waals surface area contributed by atoms with Gasteiger partial charge in [0.1, 0.15) is 0 Å². The third-order valence-electron chi connectivity index (χ3n) is 12.0. The van der Waals surface area contributed by atoms with Gasteiger partial charge in [-0.25, -0.2) is 18.6 Å². The molecule has 2 fully saturated rings. The Morgan fingerprint density at radius 1 is 0.924 bits per heavy atom. The van der Waals surface area contributed by atoms with E-state index in [1.54, 1.807) is 33.4 Å². The predicted octanol–water partition coefficient (Wildman–Crippen LogP) is 2.00. The SMILES string of the molecule is COCCn1ncc(-c2ccc(-c3cnc(C(=O)Nc4ccc(C(=O)N5CCN(C(=O)CCCC(=O)N6CC[N+](CCCN)(CC(=O)O)CC6)CC5)c(Cl)c4)n3C)c(F)c2F)c1C.O=C[O-]. The van der Waals surface area contributed by atoms with E-state index in [4.69, 9.17) is 32.0 Å². The van der Waals surface area contributed by atoms with Crippen LogP contribution in [0.3, 0.4) is 0 Å². The largest absolute Gasteiger partial charge is 0.554 e. The summed E-state index contributed by atoms with van der Waals surface area (Å²) in [5.74, 6) is -4.26. The first-order chi connectivity index (χ1) is 31.6. The molecule has 2 aliphatic rings. The van der Waals surface area contributed by atoms with Gasteiger partial charge in [-0.3, -0.25) is 23.9 Å². The highest BCUT2D eigenvalue weighted by Gasteiger charge is 2.36. The molecule has 2 aromatic carbocycles. The number of nitrogens with zero attached hydrogens (tertiary/aromatic N) is 8. The number of nitrogens with one attached hydrogen (secondary N) is 1. The van der Waals surface area contributed by atoms with E-state index in [9.17, 15) is 29.1 Å². The number of hydrogen-bond acceptors (Lipinski definition) is 11. The number of carbonyl (C=O) groups excluding carboxylic acids is 5. The van der Waals surface area contributed by atoms with Gasteiger partial charge < -0.3 is 54.5 Å². The summed E-state index contributed by atoms with van der Waals surface area (Å²) in [5.41, 5.74) is 7.36. The Hall–Kier alpha value is -6.29. The molecular formula is C44H55ClF2N10O9. The average Bonchev–Trinajstić information content (AvgIpc) is 3.86. The number of halogens is 3. The number of piperazine rings is 2. The number of rotatable bonds is 17. The summed E-state index contributed by atoms with van der Waals surface area (Å²) in [6.45, 7) is 6.48. The molecule has 2 saturated heterocycles. The fraction of sp³-hybridized carbons (Fsp3) is 0.455. The summed E-state index contributed by atoms with van der Waals surface area (Å²) >= 11 is 6.55. The lowest BCUT2D eigenvalue weighted by molar-refractivity contribution is -0.924. The number of methoxy groups -OCH3 is 1. The van der Waals surface area contributed by atoms with Gasteiger partial charge in [0.25, 0.3) is 11.8 Å². The van der Waals surface area contributed by atoms with E-state index in [1.165, 1.54) is 54.3 Å². The van der Waals surface area contributed by atoms with E-state index in [0.717, 1.165) is 0 Å². The number of anilines is 1. The van der Waals surface area contributed by atoms with Gasteiger partial charge in [0, 0.05) is 94.1 Å². The summed E-state index contributed by atoms with van der Waals surface area (Å²) in [5, 5.41) is 24.7. The summed E-state index contributed by atoms with van der Waals surface area (Å²) in [6, 6.07) is 7.34. The number of carboxylic acid groups (broad SMARTS) is 2. The molecule has 0 aliphatic carbocycles. The van der Waals surface area contributed by atoms with Gasteiger partial charge >= 0.3 is 5.97 Å². The quantitative estimate of drug-likeness (QED) is 0.102. The number of carbonyl (C=O) groups is 6. The van der Waals surface area contributed by atoms with Crippen molar-refractivity contribution in [2.45, 2.75) is 39.2 Å². The molecule has 0 bridgehead atoms. The third-order valence-corrected chi connectivity index (χ3v) is 12.3. The molecule has 4 heterocycles. The zero-order valence-electron chi connectivity index (χ0n) is 37.1. The topological polar surface area (TPSA) is 238 Å². The number of amides is 4. The van der Waals surface area contributed by atoms with Crippen LogP contribution in [0.15, 0.2) is 42.7 Å². The van der Waals surface area contributed by atoms with Crippen molar-refractivity contribution in [1.82, 2.24) is 34.0 Å². The van der Waals surface area contributed by atoms with Gasteiger partial charge in [0.2, 0.25) is 11.8 Å². The molecule has 6 rings (SSSR count). The van der Waals surface area contributed by atoms with Crippen molar-refractivity contribution in [3.8, 4) is 22.4 Å². The number of imidazole rings is 1. The van der Waals surface area contributed by atoms with Crippen LogP contribution in [0.1, 0.15) is 52.4 Å². The van der Waals surface area contributed by atoms with Crippen molar-refractivity contribution in [1.29, 1.82) is 0 Å². The maximum atomic E-state index is 15.6. The number of hydrogen-bond donors (Lipinski definition) is 3. The average molecular weight is 941 g/mol. The molecule has 0 radical (unpaired) electrons. The Labute approximate surface area is 385 Å². The van der Waals surface area contributed by atoms with E-state index >= 15 is 8.78 Å². The second-order valence-corrected chi connectivity index (χ2v) is 16.4. The first-order valence-electron chi connectivity index (χ1n) is 21.4. The number of benzene rings is 2. The zero-order chi connectivity index (χ0) is 48.1. The maximum Gasteiger partial charge on any atom is 0.359 e.